The van der Waals surface area contributed by atoms with E-state index in [9.17, 15) is 9.59 Å². The van der Waals surface area contributed by atoms with Crippen molar-refractivity contribution in [2.45, 2.75) is 51.4 Å². The SMILES string of the molecule is Cc1csc(C2CCCN(C(=O)CCCCC(=O)O)C2)n1. The third-order valence-electron chi connectivity index (χ3n) is 3.79. The number of piperidine rings is 1. The Hall–Kier alpha value is -1.43. The largest absolute Gasteiger partial charge is 0.481 e. The fraction of sp³-hybridized carbons (Fsp3) is 0.667. The van der Waals surface area contributed by atoms with Crippen LogP contribution in [0.3, 0.4) is 0 Å². The van der Waals surface area contributed by atoms with Gasteiger partial charge >= 0.3 is 5.97 Å². The summed E-state index contributed by atoms with van der Waals surface area (Å²) in [5.74, 6) is -0.279. The number of carboxylic acid groups (broad SMARTS) is 1. The summed E-state index contributed by atoms with van der Waals surface area (Å²) in [6.45, 7) is 3.57. The molecule has 1 unspecified atom stereocenters. The van der Waals surface area contributed by atoms with Gasteiger partial charge in [0.15, 0.2) is 0 Å². The van der Waals surface area contributed by atoms with Crippen LogP contribution in [-0.2, 0) is 9.59 Å². The average molecular weight is 310 g/mol. The highest BCUT2D eigenvalue weighted by molar-refractivity contribution is 7.09. The Morgan fingerprint density at radius 1 is 1.43 bits per heavy atom. The molecule has 2 heterocycles. The van der Waals surface area contributed by atoms with E-state index in [4.69, 9.17) is 5.11 Å². The third kappa shape index (κ3) is 4.81. The Kier molecular flexibility index (Phi) is 5.73. The van der Waals surface area contributed by atoms with E-state index in [1.807, 2.05) is 11.8 Å². The van der Waals surface area contributed by atoms with E-state index in [-0.39, 0.29) is 12.3 Å². The minimum absolute atomic E-state index is 0.147. The molecular formula is C15H22N2O3S. The summed E-state index contributed by atoms with van der Waals surface area (Å²) in [5.41, 5.74) is 1.05. The summed E-state index contributed by atoms with van der Waals surface area (Å²) < 4.78 is 0. The second kappa shape index (κ2) is 7.54. The predicted octanol–water partition coefficient (Wildman–Crippen LogP) is 2.80. The normalized spacial score (nSPS) is 18.7. The molecule has 6 heteroatoms. The first kappa shape index (κ1) is 15.9. The average Bonchev–Trinajstić information content (AvgIpc) is 2.90. The van der Waals surface area contributed by atoms with E-state index in [0.29, 0.717) is 25.2 Å². The van der Waals surface area contributed by atoms with Gasteiger partial charge in [0, 0.05) is 42.9 Å². The van der Waals surface area contributed by atoms with Gasteiger partial charge in [-0.25, -0.2) is 4.98 Å². The van der Waals surface area contributed by atoms with Crippen molar-refractivity contribution in [3.8, 4) is 0 Å². The van der Waals surface area contributed by atoms with Crippen molar-refractivity contribution >= 4 is 23.2 Å². The van der Waals surface area contributed by atoms with Crippen LogP contribution in [0.2, 0.25) is 0 Å². The number of carboxylic acids is 1. The van der Waals surface area contributed by atoms with Crippen molar-refractivity contribution in [3.63, 3.8) is 0 Å². The predicted molar refractivity (Wildman–Crippen MR) is 81.5 cm³/mol. The number of rotatable bonds is 6. The Bertz CT molecular complexity index is 501. The van der Waals surface area contributed by atoms with E-state index < -0.39 is 5.97 Å². The standard InChI is InChI=1S/C15H22N2O3S/c1-11-10-21-15(16-11)12-5-4-8-17(9-12)13(18)6-2-3-7-14(19)20/h10,12H,2-9H2,1H3,(H,19,20). The van der Waals surface area contributed by atoms with Gasteiger partial charge in [-0.15, -0.1) is 11.3 Å². The van der Waals surface area contributed by atoms with Crippen molar-refractivity contribution in [3.05, 3.63) is 16.1 Å². The van der Waals surface area contributed by atoms with Crippen LogP contribution >= 0.6 is 11.3 Å². The summed E-state index contributed by atoms with van der Waals surface area (Å²) in [7, 11) is 0. The molecule has 0 saturated carbocycles. The lowest BCUT2D eigenvalue weighted by molar-refractivity contribution is -0.137. The van der Waals surface area contributed by atoms with E-state index in [2.05, 4.69) is 10.4 Å². The molecule has 1 aromatic rings. The van der Waals surface area contributed by atoms with Gasteiger partial charge in [-0.1, -0.05) is 0 Å². The van der Waals surface area contributed by atoms with Gasteiger partial charge in [0.05, 0.1) is 5.01 Å². The number of hydrogen-bond donors (Lipinski definition) is 1. The second-order valence-corrected chi connectivity index (χ2v) is 6.50. The van der Waals surface area contributed by atoms with Gasteiger partial charge in [-0.3, -0.25) is 9.59 Å². The highest BCUT2D eigenvalue weighted by Gasteiger charge is 2.26. The maximum Gasteiger partial charge on any atom is 0.303 e. The van der Waals surface area contributed by atoms with Crippen LogP contribution in [0.4, 0.5) is 0 Å². The van der Waals surface area contributed by atoms with Crippen molar-refractivity contribution < 1.29 is 14.7 Å². The smallest absolute Gasteiger partial charge is 0.303 e. The van der Waals surface area contributed by atoms with Crippen LogP contribution in [0.1, 0.15) is 55.1 Å². The highest BCUT2D eigenvalue weighted by Crippen LogP contribution is 2.29. The fourth-order valence-corrected chi connectivity index (χ4v) is 3.60. The number of carbonyl (C=O) groups is 2. The molecule has 21 heavy (non-hydrogen) atoms. The van der Waals surface area contributed by atoms with Gasteiger partial charge in [0.2, 0.25) is 5.91 Å². The first-order chi connectivity index (χ1) is 10.1. The summed E-state index contributed by atoms with van der Waals surface area (Å²) in [4.78, 5) is 29.1. The van der Waals surface area contributed by atoms with Crippen LogP contribution in [0.5, 0.6) is 0 Å². The topological polar surface area (TPSA) is 70.5 Å². The molecule has 1 saturated heterocycles. The van der Waals surface area contributed by atoms with Gasteiger partial charge in [-0.2, -0.15) is 0 Å². The van der Waals surface area contributed by atoms with E-state index in [1.165, 1.54) is 0 Å². The van der Waals surface area contributed by atoms with Gasteiger partial charge < -0.3 is 10.0 Å². The molecule has 1 N–H and O–H groups in total. The Morgan fingerprint density at radius 2 is 2.19 bits per heavy atom. The van der Waals surface area contributed by atoms with Crippen molar-refractivity contribution in [1.29, 1.82) is 0 Å². The van der Waals surface area contributed by atoms with Crippen molar-refractivity contribution in [2.75, 3.05) is 13.1 Å². The lowest BCUT2D eigenvalue weighted by atomic mass is 9.98. The Labute approximate surface area is 129 Å². The number of aromatic nitrogens is 1. The molecule has 1 amide bonds. The van der Waals surface area contributed by atoms with Gasteiger partial charge in [0.25, 0.3) is 0 Å². The molecule has 1 aromatic heterocycles. The molecule has 0 aromatic carbocycles. The zero-order valence-electron chi connectivity index (χ0n) is 12.4. The highest BCUT2D eigenvalue weighted by atomic mass is 32.1. The van der Waals surface area contributed by atoms with Crippen LogP contribution < -0.4 is 0 Å². The van der Waals surface area contributed by atoms with E-state index >= 15 is 0 Å². The summed E-state index contributed by atoms with van der Waals surface area (Å²) in [6, 6.07) is 0. The number of thiazole rings is 1. The molecule has 0 spiro atoms. The van der Waals surface area contributed by atoms with Crippen molar-refractivity contribution in [2.24, 2.45) is 0 Å². The molecule has 1 atom stereocenters. The monoisotopic (exact) mass is 310 g/mol. The molecule has 0 bridgehead atoms. The molecule has 1 aliphatic rings. The van der Waals surface area contributed by atoms with E-state index in [1.54, 1.807) is 11.3 Å². The molecule has 2 rings (SSSR count). The van der Waals surface area contributed by atoms with Crippen LogP contribution in [-0.4, -0.2) is 40.0 Å². The summed E-state index contributed by atoms with van der Waals surface area (Å²) in [6.07, 6.45) is 3.94. The fourth-order valence-electron chi connectivity index (χ4n) is 2.68. The number of amides is 1. The number of unbranched alkanes of at least 4 members (excludes halogenated alkanes) is 1. The molecule has 0 aliphatic carbocycles. The number of hydrogen-bond acceptors (Lipinski definition) is 4. The van der Waals surface area contributed by atoms with Crippen LogP contribution in [0.25, 0.3) is 0 Å². The lowest BCUT2D eigenvalue weighted by Crippen LogP contribution is -2.39. The first-order valence-corrected chi connectivity index (χ1v) is 8.36. The number of aryl methyl sites for hydroxylation is 1. The quantitative estimate of drug-likeness (QED) is 0.820. The summed E-state index contributed by atoms with van der Waals surface area (Å²) in [5, 5.41) is 11.8. The maximum atomic E-state index is 12.2. The zero-order valence-corrected chi connectivity index (χ0v) is 13.2. The number of aliphatic carboxylic acids is 1. The lowest BCUT2D eigenvalue weighted by Gasteiger charge is -2.32. The second-order valence-electron chi connectivity index (χ2n) is 5.61. The number of likely N-dealkylation sites (tertiary alicyclic amines) is 1. The first-order valence-electron chi connectivity index (χ1n) is 7.48. The Morgan fingerprint density at radius 3 is 2.86 bits per heavy atom. The zero-order chi connectivity index (χ0) is 15.2. The molecule has 116 valence electrons. The maximum absolute atomic E-state index is 12.2. The van der Waals surface area contributed by atoms with Crippen LogP contribution in [0, 0.1) is 6.92 Å². The van der Waals surface area contributed by atoms with Crippen molar-refractivity contribution in [1.82, 2.24) is 9.88 Å². The van der Waals surface area contributed by atoms with E-state index in [0.717, 1.165) is 36.6 Å². The molecule has 1 fully saturated rings. The minimum Gasteiger partial charge on any atom is -0.481 e. The minimum atomic E-state index is -0.792. The van der Waals surface area contributed by atoms with Crippen LogP contribution in [0.15, 0.2) is 5.38 Å². The molecule has 1 aliphatic heterocycles. The van der Waals surface area contributed by atoms with Gasteiger partial charge in [0.1, 0.15) is 0 Å². The number of carbonyl (C=O) groups excluding carboxylic acids is 1. The molecular weight excluding hydrogens is 288 g/mol. The third-order valence-corrected chi connectivity index (χ3v) is 4.92. The van der Waals surface area contributed by atoms with Gasteiger partial charge in [-0.05, 0) is 32.6 Å². The summed E-state index contributed by atoms with van der Waals surface area (Å²) >= 11 is 1.68. The molecule has 5 nitrogen and oxygen atoms in total. The number of nitrogens with zero attached hydrogens (tertiary/aromatic N) is 2. The Balaban J connectivity index is 1.80. The molecule has 0 radical (unpaired) electrons.